The quantitative estimate of drug-likeness (QED) is 0.358. The molecule has 1 aromatic carbocycles. The number of carbonyl (C=O) groups excluding carboxylic acids is 2. The lowest BCUT2D eigenvalue weighted by Gasteiger charge is -2.16. The van der Waals surface area contributed by atoms with Crippen LogP contribution >= 0.6 is 11.6 Å². The van der Waals surface area contributed by atoms with Crippen molar-refractivity contribution in [2.45, 2.75) is 18.9 Å². The number of carbonyl (C=O) groups is 2. The number of nitrogens with zero attached hydrogens (tertiary/aromatic N) is 3. The Hall–Kier alpha value is -3.43. The first-order valence-corrected chi connectivity index (χ1v) is 10.4. The fraction of sp³-hybridized carbons (Fsp3) is 0.238. The SMILES string of the molecule is O=C1C/C(=C\c2cnn3c(NC4CCNC4)cc(Nc4cccc(Cl)c4)nc23)C(=O)N1. The number of hydrogen-bond acceptors (Lipinski definition) is 7. The fourth-order valence-electron chi connectivity index (χ4n) is 3.76. The maximum Gasteiger partial charge on any atom is 0.254 e. The normalized spacial score (nSPS) is 19.9. The third-order valence-electron chi connectivity index (χ3n) is 5.23. The van der Waals surface area contributed by atoms with Crippen molar-refractivity contribution in [1.82, 2.24) is 25.2 Å². The van der Waals surface area contributed by atoms with E-state index in [4.69, 9.17) is 16.6 Å². The lowest BCUT2D eigenvalue weighted by molar-refractivity contribution is -0.124. The van der Waals surface area contributed by atoms with Gasteiger partial charge >= 0.3 is 0 Å². The number of hydrogen-bond donors (Lipinski definition) is 4. The molecule has 1 unspecified atom stereocenters. The zero-order valence-electron chi connectivity index (χ0n) is 16.5. The highest BCUT2D eigenvalue weighted by Gasteiger charge is 2.25. The lowest BCUT2D eigenvalue weighted by atomic mass is 10.1. The number of rotatable bonds is 5. The second-order valence-corrected chi connectivity index (χ2v) is 7.99. The molecule has 0 spiro atoms. The Labute approximate surface area is 182 Å². The van der Waals surface area contributed by atoms with Gasteiger partial charge in [-0.15, -0.1) is 0 Å². The second kappa shape index (κ2) is 8.01. The van der Waals surface area contributed by atoms with Crippen molar-refractivity contribution in [2.24, 2.45) is 0 Å². The lowest BCUT2D eigenvalue weighted by Crippen LogP contribution is -2.23. The van der Waals surface area contributed by atoms with Gasteiger partial charge in [-0.25, -0.2) is 4.98 Å². The van der Waals surface area contributed by atoms with E-state index in [0.717, 1.165) is 31.0 Å². The van der Waals surface area contributed by atoms with Crippen LogP contribution in [0.5, 0.6) is 0 Å². The van der Waals surface area contributed by atoms with E-state index in [1.54, 1.807) is 22.9 Å². The molecule has 2 aliphatic rings. The first-order chi connectivity index (χ1) is 15.0. The molecule has 9 nitrogen and oxygen atoms in total. The van der Waals surface area contributed by atoms with Gasteiger partial charge in [0.25, 0.3) is 5.91 Å². The van der Waals surface area contributed by atoms with Crippen molar-refractivity contribution in [3.05, 3.63) is 52.7 Å². The summed E-state index contributed by atoms with van der Waals surface area (Å²) in [4.78, 5) is 28.2. The Kier molecular flexibility index (Phi) is 5.05. The van der Waals surface area contributed by atoms with E-state index in [2.05, 4.69) is 26.4 Å². The molecule has 1 atom stereocenters. The average molecular weight is 438 g/mol. The zero-order chi connectivity index (χ0) is 21.4. The molecule has 0 bridgehead atoms. The zero-order valence-corrected chi connectivity index (χ0v) is 17.2. The molecule has 2 amide bonds. The van der Waals surface area contributed by atoms with Crippen molar-refractivity contribution in [2.75, 3.05) is 23.7 Å². The van der Waals surface area contributed by atoms with Gasteiger partial charge in [-0.2, -0.15) is 9.61 Å². The summed E-state index contributed by atoms with van der Waals surface area (Å²) in [6.07, 6.45) is 4.36. The van der Waals surface area contributed by atoms with E-state index in [9.17, 15) is 9.59 Å². The van der Waals surface area contributed by atoms with Crippen LogP contribution in [0, 0.1) is 0 Å². The topological polar surface area (TPSA) is 112 Å². The number of imide groups is 1. The summed E-state index contributed by atoms with van der Waals surface area (Å²) in [7, 11) is 0. The molecular weight excluding hydrogens is 418 g/mol. The molecule has 158 valence electrons. The summed E-state index contributed by atoms with van der Waals surface area (Å²) in [6, 6.07) is 9.54. The summed E-state index contributed by atoms with van der Waals surface area (Å²) in [5, 5.41) is 17.5. The minimum atomic E-state index is -0.382. The number of aromatic nitrogens is 3. The number of benzene rings is 1. The first kappa shape index (κ1) is 19.5. The Bertz CT molecular complexity index is 1210. The molecule has 0 aliphatic carbocycles. The van der Waals surface area contributed by atoms with Crippen molar-refractivity contribution >= 4 is 52.5 Å². The van der Waals surface area contributed by atoms with Crippen LogP contribution < -0.4 is 21.3 Å². The van der Waals surface area contributed by atoms with Crippen LogP contribution in [0.3, 0.4) is 0 Å². The van der Waals surface area contributed by atoms with E-state index < -0.39 is 0 Å². The largest absolute Gasteiger partial charge is 0.366 e. The van der Waals surface area contributed by atoms with Crippen LogP contribution in [0.15, 0.2) is 42.1 Å². The highest BCUT2D eigenvalue weighted by Crippen LogP contribution is 2.26. The molecule has 2 aliphatic heterocycles. The average Bonchev–Trinajstić information content (AvgIpc) is 3.44. The fourth-order valence-corrected chi connectivity index (χ4v) is 3.95. The van der Waals surface area contributed by atoms with Crippen molar-refractivity contribution in [3.8, 4) is 0 Å². The molecule has 0 saturated carbocycles. The van der Waals surface area contributed by atoms with E-state index in [0.29, 0.717) is 27.6 Å². The maximum absolute atomic E-state index is 12.0. The second-order valence-electron chi connectivity index (χ2n) is 7.56. The predicted molar refractivity (Wildman–Crippen MR) is 118 cm³/mol. The molecule has 4 N–H and O–H groups in total. The molecule has 4 heterocycles. The Morgan fingerprint density at radius 1 is 1.26 bits per heavy atom. The third kappa shape index (κ3) is 4.10. The molecule has 10 heteroatoms. The molecule has 3 aromatic rings. The maximum atomic E-state index is 12.0. The number of anilines is 3. The molecular formula is C21H20ClN7O2. The Morgan fingerprint density at radius 2 is 2.16 bits per heavy atom. The highest BCUT2D eigenvalue weighted by molar-refractivity contribution is 6.30. The van der Waals surface area contributed by atoms with Crippen LogP contribution in [0.25, 0.3) is 11.7 Å². The highest BCUT2D eigenvalue weighted by atomic mass is 35.5. The minimum absolute atomic E-state index is 0.0511. The van der Waals surface area contributed by atoms with Gasteiger partial charge in [0.1, 0.15) is 11.6 Å². The van der Waals surface area contributed by atoms with Gasteiger partial charge in [0.05, 0.1) is 12.6 Å². The van der Waals surface area contributed by atoms with Crippen LogP contribution in [-0.2, 0) is 9.59 Å². The molecule has 0 radical (unpaired) electrons. The first-order valence-electron chi connectivity index (χ1n) is 9.98. The van der Waals surface area contributed by atoms with Crippen LogP contribution in [0.1, 0.15) is 18.4 Å². The Balaban J connectivity index is 1.57. The van der Waals surface area contributed by atoms with Crippen molar-refractivity contribution < 1.29 is 9.59 Å². The standard InChI is InChI=1S/C21H20ClN7O2/c22-14-2-1-3-15(8-14)25-17-9-18(26-16-4-5-23-11-16)29-20(27-17)13(10-24-29)6-12-7-19(30)28-21(12)31/h1-3,6,8-10,16,23,26H,4-5,7,11H2,(H,25,27)(H,28,30,31)/b12-6+. The van der Waals surface area contributed by atoms with Gasteiger partial charge in [-0.1, -0.05) is 17.7 Å². The van der Waals surface area contributed by atoms with Gasteiger partial charge in [-0.3, -0.25) is 14.9 Å². The van der Waals surface area contributed by atoms with Gasteiger partial charge in [-0.05, 0) is 37.2 Å². The van der Waals surface area contributed by atoms with Crippen molar-refractivity contribution in [1.29, 1.82) is 0 Å². The summed E-state index contributed by atoms with van der Waals surface area (Å²) in [5.41, 5.74) is 2.42. The third-order valence-corrected chi connectivity index (χ3v) is 5.47. The van der Waals surface area contributed by atoms with E-state index in [-0.39, 0.29) is 24.3 Å². The number of nitrogens with one attached hydrogen (secondary N) is 4. The van der Waals surface area contributed by atoms with Crippen LogP contribution in [-0.4, -0.2) is 45.5 Å². The van der Waals surface area contributed by atoms with E-state index >= 15 is 0 Å². The summed E-state index contributed by atoms with van der Waals surface area (Å²) in [5.74, 6) is 0.697. The molecule has 2 aromatic heterocycles. The summed E-state index contributed by atoms with van der Waals surface area (Å²) < 4.78 is 1.71. The Morgan fingerprint density at radius 3 is 2.90 bits per heavy atom. The van der Waals surface area contributed by atoms with Gasteiger partial charge in [0.2, 0.25) is 5.91 Å². The number of fused-ring (bicyclic) bond motifs is 1. The minimum Gasteiger partial charge on any atom is -0.366 e. The van der Waals surface area contributed by atoms with Crippen LogP contribution in [0.2, 0.25) is 5.02 Å². The smallest absolute Gasteiger partial charge is 0.254 e. The summed E-state index contributed by atoms with van der Waals surface area (Å²) in [6.45, 7) is 1.82. The molecule has 31 heavy (non-hydrogen) atoms. The van der Waals surface area contributed by atoms with E-state index in [1.807, 2.05) is 24.3 Å². The van der Waals surface area contributed by atoms with Crippen molar-refractivity contribution in [3.63, 3.8) is 0 Å². The predicted octanol–water partition coefficient (Wildman–Crippen LogP) is 2.33. The number of halogens is 1. The monoisotopic (exact) mass is 437 g/mol. The van der Waals surface area contributed by atoms with Gasteiger partial charge < -0.3 is 16.0 Å². The molecule has 2 fully saturated rings. The molecule has 5 rings (SSSR count). The number of amides is 2. The van der Waals surface area contributed by atoms with Crippen LogP contribution in [0.4, 0.5) is 17.3 Å². The van der Waals surface area contributed by atoms with Gasteiger partial charge in [0, 0.05) is 40.5 Å². The van der Waals surface area contributed by atoms with E-state index in [1.165, 1.54) is 0 Å². The molecule has 2 saturated heterocycles. The van der Waals surface area contributed by atoms with Gasteiger partial charge in [0.15, 0.2) is 5.65 Å². The summed E-state index contributed by atoms with van der Waals surface area (Å²) >= 11 is 6.11.